The van der Waals surface area contributed by atoms with Crippen molar-refractivity contribution >= 4 is 26.6 Å². The number of carboxylic acids is 1. The lowest BCUT2D eigenvalue weighted by molar-refractivity contribution is 0.0660. The number of hydrogen-bond donors (Lipinski definition) is 1. The van der Waals surface area contributed by atoms with Crippen molar-refractivity contribution in [1.29, 1.82) is 0 Å². The Labute approximate surface area is 123 Å². The van der Waals surface area contributed by atoms with Crippen LogP contribution >= 0.6 is 0 Å². The fraction of sp³-hybridized carbons (Fsp3) is 0.154. The van der Waals surface area contributed by atoms with Crippen molar-refractivity contribution in [2.75, 3.05) is 6.26 Å². The smallest absolute Gasteiger partial charge is 0.371 e. The average molecular weight is 328 g/mol. The molecule has 1 heterocycles. The summed E-state index contributed by atoms with van der Waals surface area (Å²) in [6.07, 6.45) is 1.09. The van der Waals surface area contributed by atoms with E-state index < -0.39 is 26.6 Å². The van der Waals surface area contributed by atoms with Crippen molar-refractivity contribution < 1.29 is 26.9 Å². The first-order chi connectivity index (χ1) is 9.77. The Balaban J connectivity index is 2.14. The molecule has 2 aromatic rings. The molecule has 1 unspecified atom stereocenters. The highest BCUT2D eigenvalue weighted by Gasteiger charge is 2.13. The standard InChI is InChI=1S/C13H12O6S2/c1-21(17,18)11-5-3-10(4-6-11)20(16)8-9-2-7-12(19-9)13(14)15/h2-7H,8H2,1H3,(H,14,15). The first kappa shape index (κ1) is 15.5. The predicted octanol–water partition coefficient (Wildman–Crippen LogP) is 1.69. The number of carbonyl (C=O) groups is 1. The van der Waals surface area contributed by atoms with E-state index in [4.69, 9.17) is 9.52 Å². The van der Waals surface area contributed by atoms with Crippen molar-refractivity contribution in [2.45, 2.75) is 15.5 Å². The van der Waals surface area contributed by atoms with Crippen LogP contribution in [0.4, 0.5) is 0 Å². The van der Waals surface area contributed by atoms with Gasteiger partial charge in [0, 0.05) is 11.2 Å². The minimum absolute atomic E-state index is 0.0193. The van der Waals surface area contributed by atoms with Crippen LogP contribution < -0.4 is 0 Å². The monoisotopic (exact) mass is 328 g/mol. The fourth-order valence-electron chi connectivity index (χ4n) is 1.62. The Morgan fingerprint density at radius 2 is 1.81 bits per heavy atom. The van der Waals surface area contributed by atoms with Gasteiger partial charge in [-0.05, 0) is 36.4 Å². The zero-order valence-electron chi connectivity index (χ0n) is 11.0. The molecule has 0 aliphatic heterocycles. The van der Waals surface area contributed by atoms with Gasteiger partial charge in [-0.15, -0.1) is 0 Å². The Morgan fingerprint density at radius 1 is 1.19 bits per heavy atom. The topological polar surface area (TPSA) is 102 Å². The van der Waals surface area contributed by atoms with E-state index in [-0.39, 0.29) is 22.2 Å². The molecule has 1 aromatic heterocycles. The summed E-state index contributed by atoms with van der Waals surface area (Å²) in [5, 5.41) is 8.73. The van der Waals surface area contributed by atoms with E-state index in [1.165, 1.54) is 36.4 Å². The zero-order chi connectivity index (χ0) is 15.6. The number of sulfone groups is 1. The van der Waals surface area contributed by atoms with Crippen LogP contribution in [0.3, 0.4) is 0 Å². The molecule has 1 aromatic carbocycles. The third-order valence-corrected chi connectivity index (χ3v) is 5.13. The van der Waals surface area contributed by atoms with Crippen molar-refractivity contribution in [3.8, 4) is 0 Å². The van der Waals surface area contributed by atoms with E-state index in [0.29, 0.717) is 4.90 Å². The maximum Gasteiger partial charge on any atom is 0.371 e. The van der Waals surface area contributed by atoms with Crippen LogP contribution in [0.25, 0.3) is 0 Å². The number of benzene rings is 1. The number of furan rings is 1. The molecule has 0 saturated heterocycles. The molecule has 0 aliphatic rings. The van der Waals surface area contributed by atoms with Crippen LogP contribution in [0.1, 0.15) is 16.3 Å². The van der Waals surface area contributed by atoms with Crippen molar-refractivity contribution in [3.63, 3.8) is 0 Å². The molecule has 0 radical (unpaired) electrons. The van der Waals surface area contributed by atoms with Crippen LogP contribution in [0, 0.1) is 0 Å². The number of carboxylic acid groups (broad SMARTS) is 1. The van der Waals surface area contributed by atoms with Gasteiger partial charge in [0.05, 0.1) is 21.4 Å². The van der Waals surface area contributed by atoms with Gasteiger partial charge in [-0.3, -0.25) is 4.21 Å². The summed E-state index contributed by atoms with van der Waals surface area (Å²) in [7, 11) is -4.74. The van der Waals surface area contributed by atoms with Crippen LogP contribution in [-0.2, 0) is 26.4 Å². The molecule has 21 heavy (non-hydrogen) atoms. The van der Waals surface area contributed by atoms with E-state index >= 15 is 0 Å². The highest BCUT2D eigenvalue weighted by Crippen LogP contribution is 2.17. The SMILES string of the molecule is CS(=O)(=O)c1ccc(S(=O)Cc2ccc(C(=O)O)o2)cc1. The minimum Gasteiger partial charge on any atom is -0.475 e. The quantitative estimate of drug-likeness (QED) is 0.896. The largest absolute Gasteiger partial charge is 0.475 e. The minimum atomic E-state index is -3.29. The highest BCUT2D eigenvalue weighted by molar-refractivity contribution is 7.90. The first-order valence-corrected chi connectivity index (χ1v) is 8.99. The molecular formula is C13H12O6S2. The molecule has 0 bridgehead atoms. The van der Waals surface area contributed by atoms with Gasteiger partial charge < -0.3 is 9.52 Å². The third-order valence-electron chi connectivity index (χ3n) is 2.66. The summed E-state index contributed by atoms with van der Waals surface area (Å²) < 4.78 is 39.8. The van der Waals surface area contributed by atoms with Crippen LogP contribution in [0.5, 0.6) is 0 Å². The van der Waals surface area contributed by atoms with Gasteiger partial charge in [0.2, 0.25) is 5.76 Å². The molecule has 0 fully saturated rings. The van der Waals surface area contributed by atoms with Gasteiger partial charge in [0.1, 0.15) is 5.76 Å². The average Bonchev–Trinajstić information content (AvgIpc) is 2.86. The molecule has 0 aliphatic carbocycles. The lowest BCUT2D eigenvalue weighted by atomic mass is 10.4. The Morgan fingerprint density at radius 3 is 2.29 bits per heavy atom. The van der Waals surface area contributed by atoms with Gasteiger partial charge in [-0.1, -0.05) is 0 Å². The molecule has 6 nitrogen and oxygen atoms in total. The number of aromatic carboxylic acids is 1. The summed E-state index contributed by atoms with van der Waals surface area (Å²) in [5.41, 5.74) is 0. The molecule has 0 spiro atoms. The molecule has 0 amide bonds. The van der Waals surface area contributed by atoms with Crippen LogP contribution in [0.15, 0.2) is 50.6 Å². The summed E-state index contributed by atoms with van der Waals surface area (Å²) in [6.45, 7) is 0. The summed E-state index contributed by atoms with van der Waals surface area (Å²) in [5.74, 6) is -1.09. The predicted molar refractivity (Wildman–Crippen MR) is 75.3 cm³/mol. The van der Waals surface area contributed by atoms with Crippen LogP contribution in [0.2, 0.25) is 0 Å². The van der Waals surface area contributed by atoms with Gasteiger partial charge in [0.25, 0.3) is 0 Å². The van der Waals surface area contributed by atoms with Gasteiger partial charge in [-0.2, -0.15) is 0 Å². The van der Waals surface area contributed by atoms with Crippen molar-refractivity contribution in [2.24, 2.45) is 0 Å². The van der Waals surface area contributed by atoms with Gasteiger partial charge in [-0.25, -0.2) is 13.2 Å². The van der Waals surface area contributed by atoms with E-state index in [9.17, 15) is 17.4 Å². The Bertz CT molecular complexity index is 786. The molecule has 0 saturated carbocycles. The second-order valence-electron chi connectivity index (χ2n) is 4.30. The van der Waals surface area contributed by atoms with Crippen molar-refractivity contribution in [3.05, 3.63) is 47.9 Å². The molecule has 2 rings (SSSR count). The molecule has 112 valence electrons. The van der Waals surface area contributed by atoms with Gasteiger partial charge >= 0.3 is 5.97 Å². The summed E-state index contributed by atoms with van der Waals surface area (Å²) >= 11 is 0. The van der Waals surface area contributed by atoms with E-state index in [2.05, 4.69) is 0 Å². The fourth-order valence-corrected chi connectivity index (χ4v) is 3.27. The second-order valence-corrected chi connectivity index (χ2v) is 7.77. The van der Waals surface area contributed by atoms with Crippen molar-refractivity contribution in [1.82, 2.24) is 0 Å². The van der Waals surface area contributed by atoms with E-state index in [1.54, 1.807) is 0 Å². The maximum atomic E-state index is 12.1. The van der Waals surface area contributed by atoms with Gasteiger partial charge in [0.15, 0.2) is 9.84 Å². The zero-order valence-corrected chi connectivity index (χ0v) is 12.6. The maximum absolute atomic E-state index is 12.1. The lowest BCUT2D eigenvalue weighted by Gasteiger charge is -2.02. The summed E-state index contributed by atoms with van der Waals surface area (Å²) in [6, 6.07) is 8.44. The second kappa shape index (κ2) is 5.82. The Kier molecular flexibility index (Phi) is 4.29. The molecular weight excluding hydrogens is 316 g/mol. The molecule has 1 N–H and O–H groups in total. The van der Waals surface area contributed by atoms with Crippen LogP contribution in [-0.4, -0.2) is 30.0 Å². The third kappa shape index (κ3) is 3.79. The molecule has 1 atom stereocenters. The first-order valence-electron chi connectivity index (χ1n) is 5.78. The Hall–Kier alpha value is -1.93. The lowest BCUT2D eigenvalue weighted by Crippen LogP contribution is -1.99. The number of hydrogen-bond acceptors (Lipinski definition) is 5. The highest BCUT2D eigenvalue weighted by atomic mass is 32.2. The normalized spacial score (nSPS) is 13.0. The summed E-state index contributed by atoms with van der Waals surface area (Å²) in [4.78, 5) is 11.3. The van der Waals surface area contributed by atoms with E-state index in [0.717, 1.165) is 6.26 Å². The number of rotatable bonds is 5. The van der Waals surface area contributed by atoms with E-state index in [1.807, 2.05) is 0 Å². The molecule has 8 heteroatoms.